The average Bonchev–Trinajstić information content (AvgIpc) is 2.07. The van der Waals surface area contributed by atoms with Crippen molar-refractivity contribution in [2.24, 2.45) is 5.16 Å². The Hall–Kier alpha value is -1.06. The van der Waals surface area contributed by atoms with Gasteiger partial charge in [-0.25, -0.2) is 0 Å². The zero-order valence-electron chi connectivity index (χ0n) is 6.24. The summed E-state index contributed by atoms with van der Waals surface area (Å²) in [4.78, 5) is 0. The topological polar surface area (TPSA) is 52.8 Å². The first-order valence-electron chi connectivity index (χ1n) is 3.35. The maximum absolute atomic E-state index is 8.74. The normalized spacial score (nSPS) is 11.7. The predicted molar refractivity (Wildman–Crippen MR) is 46.9 cm³/mol. The van der Waals surface area contributed by atoms with Crippen LogP contribution in [-0.2, 0) is 0 Å². The number of aliphatic hydroxyl groups is 1. The molecule has 0 fully saturated rings. The Balaban J connectivity index is 3.02. The van der Waals surface area contributed by atoms with Gasteiger partial charge in [-0.05, 0) is 12.1 Å². The maximum Gasteiger partial charge on any atom is 0.112 e. The van der Waals surface area contributed by atoms with Crippen LogP contribution in [0.2, 0.25) is 5.02 Å². The second kappa shape index (κ2) is 4.09. The molecule has 0 unspecified atom stereocenters. The molecule has 0 atom stereocenters. The SMILES string of the molecule is OC/C(=N\O)c1cccc(Cl)c1. The van der Waals surface area contributed by atoms with Gasteiger partial charge in [-0.15, -0.1) is 0 Å². The van der Waals surface area contributed by atoms with Crippen LogP contribution >= 0.6 is 11.6 Å². The van der Waals surface area contributed by atoms with Crippen molar-refractivity contribution < 1.29 is 10.3 Å². The summed E-state index contributed by atoms with van der Waals surface area (Å²) in [6.45, 7) is -0.309. The number of oxime groups is 1. The lowest BCUT2D eigenvalue weighted by Gasteiger charge is -1.99. The van der Waals surface area contributed by atoms with E-state index in [1.54, 1.807) is 24.3 Å². The summed E-state index contributed by atoms with van der Waals surface area (Å²) in [5.74, 6) is 0. The monoisotopic (exact) mass is 185 g/mol. The molecular weight excluding hydrogens is 178 g/mol. The first-order chi connectivity index (χ1) is 5.77. The van der Waals surface area contributed by atoms with Crippen molar-refractivity contribution in [2.75, 3.05) is 6.61 Å². The summed E-state index contributed by atoms with van der Waals surface area (Å²) < 4.78 is 0. The van der Waals surface area contributed by atoms with Crippen molar-refractivity contribution in [1.29, 1.82) is 0 Å². The summed E-state index contributed by atoms with van der Waals surface area (Å²) in [6, 6.07) is 6.75. The van der Waals surface area contributed by atoms with Crippen molar-refractivity contribution in [3.63, 3.8) is 0 Å². The van der Waals surface area contributed by atoms with Crippen molar-refractivity contribution in [3.8, 4) is 0 Å². The fourth-order valence-corrected chi connectivity index (χ4v) is 1.04. The molecule has 2 N–H and O–H groups in total. The third kappa shape index (κ3) is 1.96. The molecule has 4 heteroatoms. The van der Waals surface area contributed by atoms with E-state index in [1.807, 2.05) is 0 Å². The molecule has 0 aliphatic rings. The highest BCUT2D eigenvalue weighted by Crippen LogP contribution is 2.11. The van der Waals surface area contributed by atoms with Gasteiger partial charge in [0.2, 0.25) is 0 Å². The van der Waals surface area contributed by atoms with Crippen molar-refractivity contribution in [3.05, 3.63) is 34.9 Å². The van der Waals surface area contributed by atoms with E-state index >= 15 is 0 Å². The van der Waals surface area contributed by atoms with Gasteiger partial charge in [-0.3, -0.25) is 0 Å². The van der Waals surface area contributed by atoms with E-state index in [1.165, 1.54) is 0 Å². The van der Waals surface area contributed by atoms with Crippen molar-refractivity contribution in [1.82, 2.24) is 0 Å². The zero-order chi connectivity index (χ0) is 8.97. The molecule has 0 amide bonds. The quantitative estimate of drug-likeness (QED) is 0.417. The molecule has 0 bridgehead atoms. The van der Waals surface area contributed by atoms with Crippen LogP contribution in [0.3, 0.4) is 0 Å². The molecule has 0 saturated heterocycles. The lowest BCUT2D eigenvalue weighted by Crippen LogP contribution is -2.05. The summed E-state index contributed by atoms with van der Waals surface area (Å²) >= 11 is 5.68. The van der Waals surface area contributed by atoms with E-state index in [0.29, 0.717) is 10.6 Å². The Morgan fingerprint density at radius 2 is 2.25 bits per heavy atom. The van der Waals surface area contributed by atoms with E-state index in [-0.39, 0.29) is 12.3 Å². The van der Waals surface area contributed by atoms with Crippen LogP contribution in [0.25, 0.3) is 0 Å². The van der Waals surface area contributed by atoms with Gasteiger partial charge in [-0.1, -0.05) is 28.9 Å². The minimum Gasteiger partial charge on any atom is -0.411 e. The highest BCUT2D eigenvalue weighted by molar-refractivity contribution is 6.31. The van der Waals surface area contributed by atoms with Gasteiger partial charge in [-0.2, -0.15) is 0 Å². The molecule has 0 aliphatic heterocycles. The fraction of sp³-hybridized carbons (Fsp3) is 0.125. The van der Waals surface area contributed by atoms with E-state index in [9.17, 15) is 0 Å². The molecule has 0 saturated carbocycles. The highest BCUT2D eigenvalue weighted by Gasteiger charge is 2.01. The molecule has 0 aromatic heterocycles. The van der Waals surface area contributed by atoms with Crippen molar-refractivity contribution >= 4 is 17.3 Å². The van der Waals surface area contributed by atoms with Gasteiger partial charge < -0.3 is 10.3 Å². The van der Waals surface area contributed by atoms with Gasteiger partial charge >= 0.3 is 0 Å². The Morgan fingerprint density at radius 1 is 1.50 bits per heavy atom. The highest BCUT2D eigenvalue weighted by atomic mass is 35.5. The number of hydrogen-bond donors (Lipinski definition) is 2. The number of hydrogen-bond acceptors (Lipinski definition) is 3. The first kappa shape index (κ1) is 9.03. The van der Waals surface area contributed by atoms with Crippen LogP contribution in [-0.4, -0.2) is 22.6 Å². The van der Waals surface area contributed by atoms with Crippen LogP contribution in [0.5, 0.6) is 0 Å². The molecule has 0 radical (unpaired) electrons. The molecule has 1 aromatic rings. The van der Waals surface area contributed by atoms with Crippen LogP contribution in [0.1, 0.15) is 5.56 Å². The van der Waals surface area contributed by atoms with Gasteiger partial charge in [0, 0.05) is 10.6 Å². The Labute approximate surface area is 74.9 Å². The van der Waals surface area contributed by atoms with E-state index in [2.05, 4.69) is 5.16 Å². The Bertz CT molecular complexity index is 299. The molecule has 1 rings (SSSR count). The molecule has 64 valence electrons. The van der Waals surface area contributed by atoms with Crippen LogP contribution in [0.15, 0.2) is 29.4 Å². The average molecular weight is 186 g/mol. The fourth-order valence-electron chi connectivity index (χ4n) is 0.849. The minimum atomic E-state index is -0.309. The smallest absolute Gasteiger partial charge is 0.112 e. The second-order valence-electron chi connectivity index (χ2n) is 2.22. The molecule has 3 nitrogen and oxygen atoms in total. The van der Waals surface area contributed by atoms with Gasteiger partial charge in [0.1, 0.15) is 5.71 Å². The minimum absolute atomic E-state index is 0.206. The Kier molecular flexibility index (Phi) is 3.08. The largest absolute Gasteiger partial charge is 0.411 e. The number of benzene rings is 1. The standard InChI is InChI=1S/C8H8ClNO2/c9-7-3-1-2-6(4-7)8(5-11)10-12/h1-4,11-12H,5H2/b10-8+. The van der Waals surface area contributed by atoms with E-state index in [4.69, 9.17) is 21.9 Å². The molecule has 1 aromatic carbocycles. The summed E-state index contributed by atoms with van der Waals surface area (Å²) in [7, 11) is 0. The molecule has 0 spiro atoms. The summed E-state index contributed by atoms with van der Waals surface area (Å²) in [5, 5.41) is 20.7. The van der Waals surface area contributed by atoms with Gasteiger partial charge in [0.05, 0.1) is 6.61 Å². The molecule has 12 heavy (non-hydrogen) atoms. The van der Waals surface area contributed by atoms with Crippen LogP contribution in [0.4, 0.5) is 0 Å². The Morgan fingerprint density at radius 3 is 2.75 bits per heavy atom. The van der Waals surface area contributed by atoms with Crippen LogP contribution in [0, 0.1) is 0 Å². The van der Waals surface area contributed by atoms with Crippen LogP contribution < -0.4 is 0 Å². The number of nitrogens with zero attached hydrogens (tertiary/aromatic N) is 1. The maximum atomic E-state index is 8.74. The second-order valence-corrected chi connectivity index (χ2v) is 2.65. The zero-order valence-corrected chi connectivity index (χ0v) is 6.99. The predicted octanol–water partition coefficient (Wildman–Crippen LogP) is 1.51. The number of rotatable bonds is 2. The molecular formula is C8H8ClNO2. The summed E-state index contributed by atoms with van der Waals surface area (Å²) in [6.07, 6.45) is 0. The van der Waals surface area contributed by atoms with E-state index < -0.39 is 0 Å². The summed E-state index contributed by atoms with van der Waals surface area (Å²) in [5.41, 5.74) is 0.824. The lowest BCUT2D eigenvalue weighted by atomic mass is 10.1. The van der Waals surface area contributed by atoms with Gasteiger partial charge in [0.25, 0.3) is 0 Å². The van der Waals surface area contributed by atoms with E-state index in [0.717, 1.165) is 0 Å². The third-order valence-electron chi connectivity index (χ3n) is 1.43. The van der Waals surface area contributed by atoms with Gasteiger partial charge in [0.15, 0.2) is 0 Å². The number of aliphatic hydroxyl groups excluding tert-OH is 1. The molecule has 0 heterocycles. The third-order valence-corrected chi connectivity index (χ3v) is 1.66. The molecule has 0 aliphatic carbocycles. The van der Waals surface area contributed by atoms with Crippen molar-refractivity contribution in [2.45, 2.75) is 0 Å². The number of halogens is 1. The first-order valence-corrected chi connectivity index (χ1v) is 3.73. The lowest BCUT2D eigenvalue weighted by molar-refractivity contribution is 0.304.